The summed E-state index contributed by atoms with van der Waals surface area (Å²) < 4.78 is 61.2. The molecule has 4 fully saturated rings. The molecule has 1 N–H and O–H groups in total. The molecule has 0 saturated carbocycles. The zero-order chi connectivity index (χ0) is 99.2. The molecule has 33 nitrogen and oxygen atoms in total. The Kier molecular flexibility index (Phi) is 26.0. The average Bonchev–Trinajstić information content (AvgIpc) is 1.60. The third-order valence-corrected chi connectivity index (χ3v) is 30.0. The Morgan fingerprint density at radius 3 is 1.09 bits per heavy atom. The molecule has 4 saturated heterocycles. The molecule has 143 heavy (non-hydrogen) atoms. The van der Waals surface area contributed by atoms with Gasteiger partial charge in [0.1, 0.15) is 58.9 Å². The quantitative estimate of drug-likeness (QED) is 0.0996. The summed E-state index contributed by atoms with van der Waals surface area (Å²) in [6.45, 7) is 18.8. The molecule has 0 bridgehead atoms. The molecule has 4 atom stereocenters. The molecule has 4 unspecified atom stereocenters. The van der Waals surface area contributed by atoms with Crippen LogP contribution in [0.15, 0.2) is 159 Å². The number of aromatic nitrogens is 20. The molecular weight excluding hydrogens is 1810 g/mol. The zero-order valence-corrected chi connectivity index (χ0v) is 83.0. The number of nitrogens with zero attached hydrogens (tertiary/aromatic N) is 25. The van der Waals surface area contributed by atoms with Crippen molar-refractivity contribution in [1.29, 1.82) is 0 Å². The Morgan fingerprint density at radius 2 is 0.748 bits per heavy atom. The van der Waals surface area contributed by atoms with Crippen molar-refractivity contribution in [2.75, 3.05) is 94.1 Å². The van der Waals surface area contributed by atoms with Gasteiger partial charge in [-0.15, -0.1) is 0 Å². The molecule has 35 heteroatoms. The van der Waals surface area contributed by atoms with E-state index in [4.69, 9.17) is 49.1 Å². The first-order valence-corrected chi connectivity index (χ1v) is 49.6. The van der Waals surface area contributed by atoms with Crippen molar-refractivity contribution in [2.24, 2.45) is 28.2 Å². The number of aliphatic hydroxyl groups excluding tert-OH is 1. The van der Waals surface area contributed by atoms with Crippen LogP contribution in [0, 0.1) is 6.92 Å². The van der Waals surface area contributed by atoms with Gasteiger partial charge >= 0.3 is 0 Å². The third kappa shape index (κ3) is 17.8. The summed E-state index contributed by atoms with van der Waals surface area (Å²) >= 11 is 0. The number of imidazole rings is 4. The van der Waals surface area contributed by atoms with Crippen LogP contribution in [0.3, 0.4) is 0 Å². The van der Waals surface area contributed by atoms with Crippen molar-refractivity contribution in [3.63, 3.8) is 0 Å². The number of benzene rings is 4. The predicted molar refractivity (Wildman–Crippen MR) is 539 cm³/mol. The highest BCUT2D eigenvalue weighted by Gasteiger charge is 2.43. The van der Waals surface area contributed by atoms with Crippen LogP contribution in [-0.4, -0.2) is 245 Å². The number of carbonyl (C=O) groups is 4. The number of hydrogen-bond acceptors (Lipinski definition) is 21. The number of pyridine rings is 4. The van der Waals surface area contributed by atoms with E-state index in [0.717, 1.165) is 262 Å². The summed E-state index contributed by atoms with van der Waals surface area (Å²) in [6.07, 6.45) is 19.5. The molecule has 0 radical (unpaired) electrons. The SMILES string of the molecule is CC1C(=O)N(C)Cc2c(-c3cccc4cc(-c5ccn(C)n5)ncc34)nc(C3CCOCC3)n21.CC1C(=O)N(C)Cc2c(-c3cccc4cc(-c5ccn(C)n5)ncc34)nc(C3CCOCC3)n21.CC1C(=O)N(C)Cc2c(-c3cccc4nc(-c5cnn(C)c5)c(C(F)F)cc34)nc(C3CCN(CCO)CC3)n21.Cc1nn(C)cc1-c1cc2cccc(-c3nc(C4CCOCC4)n4c3CN(C)C(=O)C4C)c2cn1. The Balaban J connectivity index is 0.000000113. The van der Waals surface area contributed by atoms with Gasteiger partial charge in [0.05, 0.1) is 119 Å². The number of hydrogen-bond donors (Lipinski definition) is 1. The van der Waals surface area contributed by atoms with Crippen LogP contribution < -0.4 is 0 Å². The molecule has 20 heterocycles. The normalized spacial score (nSPS) is 18.9. The number of aliphatic hydroxyl groups is 1. The first kappa shape index (κ1) is 95.0. The van der Waals surface area contributed by atoms with E-state index in [0.29, 0.717) is 72.6 Å². The van der Waals surface area contributed by atoms with Crippen LogP contribution in [0.1, 0.15) is 191 Å². The second-order valence-corrected chi connectivity index (χ2v) is 39.4. The largest absolute Gasteiger partial charge is 0.395 e. The molecule has 24 rings (SSSR count). The molecule has 4 aromatic carbocycles. The van der Waals surface area contributed by atoms with Gasteiger partial charge in [-0.1, -0.05) is 66.7 Å². The van der Waals surface area contributed by atoms with Crippen LogP contribution in [0.5, 0.6) is 0 Å². The van der Waals surface area contributed by atoms with E-state index in [2.05, 4.69) is 121 Å². The number of ether oxygens (including phenoxy) is 3. The summed E-state index contributed by atoms with van der Waals surface area (Å²) in [7, 11) is 14.9. The van der Waals surface area contributed by atoms with Crippen molar-refractivity contribution in [3.05, 3.63) is 216 Å². The minimum absolute atomic E-state index is 0.0242. The van der Waals surface area contributed by atoms with E-state index in [1.807, 2.05) is 164 Å². The minimum Gasteiger partial charge on any atom is -0.395 e. The molecule has 738 valence electrons. The monoisotopic (exact) mass is 1930 g/mol. The standard InChI is InChI=1S/C29H33F2N7O2.C27H30N6O2.2C26H28N6O2/c1-17-29(40)35(2)16-24-26(34-28(38(17)24)18-7-9-37(10-8-18)11-12-39)20-5-4-6-23-21(20)13-22(27(30)31)25(33-23)19-14-32-36(3)15-19;1-16-22(14-32(4)30-16)23-12-19-6-5-7-20(21(19)13-28-23)25-24-15-31(3)27(34)17(2)33(24)26(29-25)18-8-10-35-11-9-18;2*1-16-26(33)30(2)15-23-24(28-25(32(16)23)17-8-11-34-12-9-17)19-6-4-5-18-13-22(27-14-20(18)19)21-7-10-31(3)29-21/h4-6,13-15,17-18,27,39H,7-12,16H2,1-3H3;5-7,12-14,17-18H,8-11,15H2,1-4H3;2*4-7,10,13-14,16-17H,8-9,11-12,15H2,1-3H3. The number of likely N-dealkylation sites (tertiary alicyclic amines) is 1. The van der Waals surface area contributed by atoms with Gasteiger partial charge in [-0.3, -0.25) is 52.9 Å². The predicted octanol–water partition coefficient (Wildman–Crippen LogP) is 16.2. The number of β-amino-alcohol motifs (C(OH)–C–C–N with tert-alkyl or cyclic N) is 1. The number of rotatable bonds is 15. The lowest BCUT2D eigenvalue weighted by Gasteiger charge is -2.35. The number of piperidine rings is 1. The maximum absolute atomic E-state index is 14.4. The number of amides is 4. The first-order chi connectivity index (χ1) is 69.2. The van der Waals surface area contributed by atoms with Crippen LogP contribution in [0.2, 0.25) is 0 Å². The van der Waals surface area contributed by atoms with E-state index >= 15 is 0 Å². The van der Waals surface area contributed by atoms with Crippen LogP contribution in [-0.2, 0) is 87.8 Å². The van der Waals surface area contributed by atoms with Gasteiger partial charge in [-0.05, 0) is 158 Å². The fourth-order valence-corrected chi connectivity index (χ4v) is 22.5. The van der Waals surface area contributed by atoms with Crippen LogP contribution in [0.25, 0.3) is 134 Å². The van der Waals surface area contributed by atoms with Crippen molar-refractivity contribution < 1.29 is 47.3 Å². The van der Waals surface area contributed by atoms with Gasteiger partial charge < -0.3 is 62.1 Å². The first-order valence-electron chi connectivity index (χ1n) is 49.6. The maximum Gasteiger partial charge on any atom is 0.265 e. The van der Waals surface area contributed by atoms with E-state index in [9.17, 15) is 33.1 Å². The second kappa shape index (κ2) is 39.2. The van der Waals surface area contributed by atoms with Gasteiger partial charge in [0.2, 0.25) is 23.6 Å². The van der Waals surface area contributed by atoms with E-state index in [1.165, 1.54) is 6.07 Å². The van der Waals surface area contributed by atoms with E-state index < -0.39 is 12.5 Å². The molecule has 16 aromatic rings. The van der Waals surface area contributed by atoms with Gasteiger partial charge in [0.15, 0.2) is 0 Å². The molecule has 8 aliphatic heterocycles. The minimum atomic E-state index is -2.72. The van der Waals surface area contributed by atoms with E-state index in [1.54, 1.807) is 45.4 Å². The fourth-order valence-electron chi connectivity index (χ4n) is 22.5. The molecule has 12 aromatic heterocycles. The number of likely N-dealkylation sites (N-methyl/N-ethyl adjacent to an activating group) is 4. The van der Waals surface area contributed by atoms with Crippen molar-refractivity contribution in [3.8, 4) is 90.3 Å². The lowest BCUT2D eigenvalue weighted by molar-refractivity contribution is -0.136. The summed E-state index contributed by atoms with van der Waals surface area (Å²) in [4.78, 5) is 101. The molecule has 8 aliphatic rings. The summed E-state index contributed by atoms with van der Waals surface area (Å²) in [5.41, 5.74) is 19.1. The summed E-state index contributed by atoms with van der Waals surface area (Å²) in [5.74, 6) is 5.36. The molecular formula is C108H119F2N25O8. The maximum atomic E-state index is 14.4. The van der Waals surface area contributed by atoms with Gasteiger partial charge in [-0.25, -0.2) is 33.7 Å². The van der Waals surface area contributed by atoms with Crippen LogP contribution in [0.4, 0.5) is 8.78 Å². The average molecular weight is 1930 g/mol. The highest BCUT2D eigenvalue weighted by molar-refractivity contribution is 6.02. The molecule has 0 aliphatic carbocycles. The smallest absolute Gasteiger partial charge is 0.265 e. The number of aryl methyl sites for hydroxylation is 5. The topological polar surface area (TPSA) is 327 Å². The number of alkyl halides is 2. The Bertz CT molecular complexity index is 7360. The molecule has 4 amide bonds. The van der Waals surface area contributed by atoms with Crippen molar-refractivity contribution in [1.82, 2.24) is 122 Å². The highest BCUT2D eigenvalue weighted by atomic mass is 19.3. The second-order valence-electron chi connectivity index (χ2n) is 39.4. The summed E-state index contributed by atoms with van der Waals surface area (Å²) in [5, 5.41) is 34.0. The van der Waals surface area contributed by atoms with E-state index in [-0.39, 0.29) is 65.5 Å². The van der Waals surface area contributed by atoms with Crippen molar-refractivity contribution in [2.45, 2.75) is 166 Å². The van der Waals surface area contributed by atoms with Crippen molar-refractivity contribution >= 4 is 66.8 Å². The molecule has 0 spiro atoms. The van der Waals surface area contributed by atoms with Gasteiger partial charge in [0.25, 0.3) is 6.43 Å². The highest BCUT2D eigenvalue weighted by Crippen LogP contribution is 2.48. The van der Waals surface area contributed by atoms with Crippen LogP contribution >= 0.6 is 0 Å². The Hall–Kier alpha value is -14.3. The zero-order valence-electron chi connectivity index (χ0n) is 83.0. The summed E-state index contributed by atoms with van der Waals surface area (Å²) in [6, 6.07) is 35.1. The fraction of sp³-hybridized carbons (Fsp3) is 0.407. The van der Waals surface area contributed by atoms with Gasteiger partial charge in [-0.2, -0.15) is 20.4 Å². The Labute approximate surface area is 826 Å². The number of halogens is 2. The van der Waals surface area contributed by atoms with Gasteiger partial charge in [0, 0.05) is 230 Å². The lowest BCUT2D eigenvalue weighted by atomic mass is 9.95. The number of carbonyl (C=O) groups excluding carboxylic acids is 4. The number of fused-ring (bicyclic) bond motifs is 8. The third-order valence-electron chi connectivity index (χ3n) is 30.0. The Morgan fingerprint density at radius 1 is 0.385 bits per heavy atom. The lowest BCUT2D eigenvalue weighted by Crippen LogP contribution is -2.40.